The van der Waals surface area contributed by atoms with Gasteiger partial charge < -0.3 is 4.74 Å². The van der Waals surface area contributed by atoms with Gasteiger partial charge in [-0.3, -0.25) is 4.90 Å². The molecule has 0 amide bonds. The Kier molecular flexibility index (Phi) is 4.53. The maximum Gasteiger partial charge on any atom is 0.417 e. The molecule has 1 aliphatic rings. The van der Waals surface area contributed by atoms with E-state index in [1.54, 1.807) is 4.90 Å². The minimum absolute atomic E-state index is 0.158. The van der Waals surface area contributed by atoms with Crippen LogP contribution in [-0.2, 0) is 11.3 Å². The second kappa shape index (κ2) is 5.88. The van der Waals surface area contributed by atoms with E-state index in [0.717, 1.165) is 13.2 Å². The lowest BCUT2D eigenvalue weighted by Crippen LogP contribution is -2.54. The Labute approximate surface area is 119 Å². The van der Waals surface area contributed by atoms with Gasteiger partial charge in [0.15, 0.2) is 5.60 Å². The Hall–Kier alpha value is -1.21. The Morgan fingerprint density at radius 2 is 1.62 bits per heavy atom. The number of piperidine rings is 1. The number of rotatable bonds is 3. The van der Waals surface area contributed by atoms with Crippen molar-refractivity contribution >= 4 is 0 Å². The predicted octanol–water partition coefficient (Wildman–Crippen LogP) is 3.51. The average molecular weight is 309 g/mol. The van der Waals surface area contributed by atoms with Crippen molar-refractivity contribution in [2.75, 3.05) is 20.2 Å². The normalized spacial score (nSPS) is 19.7. The SMILES string of the molecule is COC1(C(F)(F)F)CCN(Cc2cc(F)cc(F)c2)CC1. The first-order valence-corrected chi connectivity index (χ1v) is 6.55. The highest BCUT2D eigenvalue weighted by Gasteiger charge is 2.56. The van der Waals surface area contributed by atoms with Crippen LogP contribution < -0.4 is 0 Å². The molecule has 2 nitrogen and oxygen atoms in total. The lowest BCUT2D eigenvalue weighted by Gasteiger charge is -2.41. The highest BCUT2D eigenvalue weighted by atomic mass is 19.4. The molecule has 7 heteroatoms. The average Bonchev–Trinajstić information content (AvgIpc) is 2.37. The van der Waals surface area contributed by atoms with E-state index in [9.17, 15) is 22.0 Å². The highest BCUT2D eigenvalue weighted by Crippen LogP contribution is 2.41. The van der Waals surface area contributed by atoms with Gasteiger partial charge in [0, 0.05) is 32.8 Å². The standard InChI is InChI=1S/C14H16F5NO/c1-21-13(14(17,18)19)2-4-20(5-3-13)9-10-6-11(15)8-12(16)7-10/h6-8H,2-5,9H2,1H3. The number of halogens is 5. The van der Waals surface area contributed by atoms with Crippen LogP contribution in [0.25, 0.3) is 0 Å². The van der Waals surface area contributed by atoms with Crippen LogP contribution in [0.5, 0.6) is 0 Å². The maximum atomic E-state index is 13.1. The van der Waals surface area contributed by atoms with Crippen LogP contribution in [0.15, 0.2) is 18.2 Å². The summed E-state index contributed by atoms with van der Waals surface area (Å²) < 4.78 is 69.9. The van der Waals surface area contributed by atoms with Crippen LogP contribution in [0.3, 0.4) is 0 Å². The summed E-state index contributed by atoms with van der Waals surface area (Å²) in [5.74, 6) is -1.38. The fourth-order valence-corrected chi connectivity index (χ4v) is 2.64. The van der Waals surface area contributed by atoms with E-state index in [4.69, 9.17) is 4.74 Å². The van der Waals surface area contributed by atoms with Gasteiger partial charge in [-0.1, -0.05) is 0 Å². The van der Waals surface area contributed by atoms with Crippen molar-refractivity contribution in [1.29, 1.82) is 0 Å². The molecule has 1 fully saturated rings. The van der Waals surface area contributed by atoms with Crippen LogP contribution in [0.4, 0.5) is 22.0 Å². The summed E-state index contributed by atoms with van der Waals surface area (Å²) in [5, 5.41) is 0. The van der Waals surface area contributed by atoms with E-state index in [0.29, 0.717) is 5.56 Å². The van der Waals surface area contributed by atoms with Gasteiger partial charge in [-0.15, -0.1) is 0 Å². The second-order valence-corrected chi connectivity index (χ2v) is 5.25. The van der Waals surface area contributed by atoms with Crippen LogP contribution in [0, 0.1) is 11.6 Å². The van der Waals surface area contributed by atoms with E-state index >= 15 is 0 Å². The van der Waals surface area contributed by atoms with Crippen molar-refractivity contribution in [1.82, 2.24) is 4.90 Å². The second-order valence-electron chi connectivity index (χ2n) is 5.25. The van der Waals surface area contributed by atoms with Crippen molar-refractivity contribution in [3.63, 3.8) is 0 Å². The summed E-state index contributed by atoms with van der Waals surface area (Å²) in [6.07, 6.45) is -4.80. The predicted molar refractivity (Wildman–Crippen MR) is 66.7 cm³/mol. The van der Waals surface area contributed by atoms with Gasteiger partial charge in [0.25, 0.3) is 0 Å². The van der Waals surface area contributed by atoms with Crippen molar-refractivity contribution in [3.05, 3.63) is 35.4 Å². The van der Waals surface area contributed by atoms with Crippen LogP contribution in [0.1, 0.15) is 18.4 Å². The van der Waals surface area contributed by atoms with Crippen molar-refractivity contribution in [2.45, 2.75) is 31.2 Å². The summed E-state index contributed by atoms with van der Waals surface area (Å²) in [4.78, 5) is 1.73. The van der Waals surface area contributed by atoms with E-state index in [1.807, 2.05) is 0 Å². The molecule has 1 aromatic rings. The zero-order chi connectivity index (χ0) is 15.7. The third-order valence-electron chi connectivity index (χ3n) is 3.90. The fraction of sp³-hybridized carbons (Fsp3) is 0.571. The van der Waals surface area contributed by atoms with E-state index in [1.165, 1.54) is 12.1 Å². The summed E-state index contributed by atoms with van der Waals surface area (Å²) in [7, 11) is 1.06. The first-order valence-electron chi connectivity index (χ1n) is 6.55. The number of likely N-dealkylation sites (tertiary alicyclic amines) is 1. The number of methoxy groups -OCH3 is 1. The van der Waals surface area contributed by atoms with Crippen LogP contribution >= 0.6 is 0 Å². The molecular formula is C14H16F5NO. The molecule has 0 unspecified atom stereocenters. The summed E-state index contributed by atoms with van der Waals surface area (Å²) in [6, 6.07) is 3.13. The molecule has 118 valence electrons. The maximum absolute atomic E-state index is 13.1. The topological polar surface area (TPSA) is 12.5 Å². The third kappa shape index (κ3) is 3.52. The molecule has 0 spiro atoms. The highest BCUT2D eigenvalue weighted by molar-refractivity contribution is 5.18. The van der Waals surface area contributed by atoms with Gasteiger partial charge in [-0.25, -0.2) is 8.78 Å². The van der Waals surface area contributed by atoms with Gasteiger partial charge >= 0.3 is 6.18 Å². The van der Waals surface area contributed by atoms with E-state index < -0.39 is 23.4 Å². The number of alkyl halides is 3. The molecule has 0 aromatic heterocycles. The molecular weight excluding hydrogens is 293 g/mol. The molecule has 0 atom stereocenters. The lowest BCUT2D eigenvalue weighted by molar-refractivity contribution is -0.282. The zero-order valence-electron chi connectivity index (χ0n) is 11.5. The van der Waals surface area contributed by atoms with Gasteiger partial charge in [0.1, 0.15) is 11.6 Å². The molecule has 0 aliphatic carbocycles. The van der Waals surface area contributed by atoms with Crippen molar-refractivity contribution < 1.29 is 26.7 Å². The lowest BCUT2D eigenvalue weighted by atomic mass is 9.90. The molecule has 1 aliphatic heterocycles. The van der Waals surface area contributed by atoms with Crippen molar-refractivity contribution in [2.24, 2.45) is 0 Å². The van der Waals surface area contributed by atoms with Crippen molar-refractivity contribution in [3.8, 4) is 0 Å². The number of ether oxygens (including phenoxy) is 1. The van der Waals surface area contributed by atoms with E-state index in [-0.39, 0.29) is 32.5 Å². The molecule has 0 bridgehead atoms. The minimum Gasteiger partial charge on any atom is -0.369 e. The molecule has 1 heterocycles. The monoisotopic (exact) mass is 309 g/mol. The molecule has 21 heavy (non-hydrogen) atoms. The Morgan fingerprint density at radius 3 is 2.05 bits per heavy atom. The first-order chi connectivity index (χ1) is 9.75. The van der Waals surface area contributed by atoms with Gasteiger partial charge in [0.2, 0.25) is 0 Å². The van der Waals surface area contributed by atoms with Gasteiger partial charge in [-0.05, 0) is 30.5 Å². The number of hydrogen-bond acceptors (Lipinski definition) is 2. The molecule has 0 saturated carbocycles. The minimum atomic E-state index is -4.42. The van der Waals surface area contributed by atoms with Crippen LogP contribution in [-0.4, -0.2) is 36.9 Å². The number of nitrogens with zero attached hydrogens (tertiary/aromatic N) is 1. The largest absolute Gasteiger partial charge is 0.417 e. The zero-order valence-corrected chi connectivity index (χ0v) is 11.5. The van der Waals surface area contributed by atoms with E-state index in [2.05, 4.69) is 0 Å². The number of benzene rings is 1. The summed E-state index contributed by atoms with van der Waals surface area (Å²) >= 11 is 0. The Bertz CT molecular complexity index is 474. The number of hydrogen-bond donors (Lipinski definition) is 0. The first kappa shape index (κ1) is 16.2. The summed E-state index contributed by atoms with van der Waals surface area (Å²) in [6.45, 7) is 0.531. The Morgan fingerprint density at radius 1 is 1.10 bits per heavy atom. The summed E-state index contributed by atoms with van der Waals surface area (Å²) in [5.41, 5.74) is -1.71. The van der Waals surface area contributed by atoms with Gasteiger partial charge in [0.05, 0.1) is 0 Å². The van der Waals surface area contributed by atoms with Crippen LogP contribution in [0.2, 0.25) is 0 Å². The third-order valence-corrected chi connectivity index (χ3v) is 3.90. The molecule has 0 N–H and O–H groups in total. The fourth-order valence-electron chi connectivity index (χ4n) is 2.64. The molecule has 0 radical (unpaired) electrons. The molecule has 1 aromatic carbocycles. The molecule has 1 saturated heterocycles. The van der Waals surface area contributed by atoms with Gasteiger partial charge in [-0.2, -0.15) is 13.2 Å². The smallest absolute Gasteiger partial charge is 0.369 e. The molecule has 2 rings (SSSR count). The Balaban J connectivity index is 2.01. The quantitative estimate of drug-likeness (QED) is 0.792.